The summed E-state index contributed by atoms with van der Waals surface area (Å²) in [5.74, 6) is 5.21. The zero-order valence-corrected chi connectivity index (χ0v) is 9.70. The smallest absolute Gasteiger partial charge is 0.220 e. The van der Waals surface area contributed by atoms with E-state index in [0.717, 1.165) is 10.6 Å². The maximum absolute atomic E-state index is 5.89. The lowest BCUT2D eigenvalue weighted by Crippen LogP contribution is -2.05. The van der Waals surface area contributed by atoms with Crippen LogP contribution in [0.1, 0.15) is 0 Å². The first-order valence-corrected chi connectivity index (χ1v) is 5.53. The number of rotatable bonds is 2. The molecule has 0 unspecified atom stereocenters. The van der Waals surface area contributed by atoms with Gasteiger partial charge in [0.15, 0.2) is 0 Å². The molecule has 0 atom stereocenters. The zero-order chi connectivity index (χ0) is 10.8. The Morgan fingerprint density at radius 2 is 2.00 bits per heavy atom. The van der Waals surface area contributed by atoms with Crippen LogP contribution in [0.3, 0.4) is 0 Å². The molecule has 2 aromatic rings. The normalized spacial score (nSPS) is 10.3. The van der Waals surface area contributed by atoms with Crippen molar-refractivity contribution in [1.82, 2.24) is 10.2 Å². The van der Waals surface area contributed by atoms with Crippen LogP contribution in [0, 0.1) is 0 Å². The Labute approximate surface area is 100 Å². The Hall–Kier alpha value is -0.880. The fourth-order valence-electron chi connectivity index (χ4n) is 1.03. The first-order valence-electron chi connectivity index (χ1n) is 3.96. The number of nitrogens with one attached hydrogen (secondary N) is 1. The Balaban J connectivity index is 2.40. The minimum absolute atomic E-state index is 0.492. The predicted molar refractivity (Wildman–Crippen MR) is 63.2 cm³/mol. The second-order valence-corrected chi connectivity index (χ2v) is 4.48. The summed E-state index contributed by atoms with van der Waals surface area (Å²) in [7, 11) is 0. The number of hydrazine groups is 1. The quantitative estimate of drug-likeness (QED) is 0.644. The van der Waals surface area contributed by atoms with Crippen molar-refractivity contribution in [2.75, 3.05) is 5.43 Å². The monoisotopic (exact) mass is 260 g/mol. The van der Waals surface area contributed by atoms with E-state index in [9.17, 15) is 0 Å². The van der Waals surface area contributed by atoms with Gasteiger partial charge in [-0.25, -0.2) is 5.84 Å². The van der Waals surface area contributed by atoms with Gasteiger partial charge in [-0.3, -0.25) is 5.43 Å². The number of aromatic nitrogens is 2. The third-order valence-corrected chi connectivity index (χ3v) is 3.36. The number of nitrogen functional groups attached to an aromatic ring is 1. The van der Waals surface area contributed by atoms with Crippen molar-refractivity contribution < 1.29 is 0 Å². The summed E-state index contributed by atoms with van der Waals surface area (Å²) in [6.07, 6.45) is 0. The molecule has 78 valence electrons. The van der Waals surface area contributed by atoms with E-state index >= 15 is 0 Å². The average molecular weight is 261 g/mol. The molecule has 1 aromatic carbocycles. The van der Waals surface area contributed by atoms with Crippen molar-refractivity contribution in [2.45, 2.75) is 0 Å². The van der Waals surface area contributed by atoms with Crippen LogP contribution in [0.25, 0.3) is 10.6 Å². The summed E-state index contributed by atoms with van der Waals surface area (Å²) in [6, 6.07) is 5.29. The van der Waals surface area contributed by atoms with Gasteiger partial charge in [-0.05, 0) is 12.1 Å². The lowest BCUT2D eigenvalue weighted by atomic mass is 10.2. The van der Waals surface area contributed by atoms with Gasteiger partial charge in [0.25, 0.3) is 0 Å². The summed E-state index contributed by atoms with van der Waals surface area (Å²) >= 11 is 13.0. The molecule has 0 radical (unpaired) electrons. The molecule has 0 aliphatic heterocycles. The molecule has 1 aromatic heterocycles. The minimum Gasteiger partial charge on any atom is -0.298 e. The first-order chi connectivity index (χ1) is 7.20. The van der Waals surface area contributed by atoms with Crippen molar-refractivity contribution in [3.8, 4) is 10.6 Å². The van der Waals surface area contributed by atoms with E-state index < -0.39 is 0 Å². The molecule has 15 heavy (non-hydrogen) atoms. The SMILES string of the molecule is NNc1nnc(-c2ccc(Cl)c(Cl)c2)s1. The summed E-state index contributed by atoms with van der Waals surface area (Å²) in [5.41, 5.74) is 3.29. The van der Waals surface area contributed by atoms with E-state index in [-0.39, 0.29) is 0 Å². The van der Waals surface area contributed by atoms with Crippen LogP contribution in [0.15, 0.2) is 18.2 Å². The summed E-state index contributed by atoms with van der Waals surface area (Å²) in [4.78, 5) is 0. The summed E-state index contributed by atoms with van der Waals surface area (Å²) in [6.45, 7) is 0. The number of nitrogens with two attached hydrogens (primary N) is 1. The Morgan fingerprint density at radius 1 is 1.20 bits per heavy atom. The van der Waals surface area contributed by atoms with Gasteiger partial charge in [-0.1, -0.05) is 40.6 Å². The highest BCUT2D eigenvalue weighted by Gasteiger charge is 2.07. The highest BCUT2D eigenvalue weighted by molar-refractivity contribution is 7.18. The molecule has 0 spiro atoms. The molecule has 0 aliphatic rings. The molecular weight excluding hydrogens is 255 g/mol. The van der Waals surface area contributed by atoms with E-state index in [1.54, 1.807) is 12.1 Å². The lowest BCUT2D eigenvalue weighted by Gasteiger charge is -1.97. The van der Waals surface area contributed by atoms with E-state index in [1.165, 1.54) is 11.3 Å². The van der Waals surface area contributed by atoms with Gasteiger partial charge in [0.2, 0.25) is 5.13 Å². The van der Waals surface area contributed by atoms with Gasteiger partial charge >= 0.3 is 0 Å². The number of benzene rings is 1. The number of halogens is 2. The Kier molecular flexibility index (Phi) is 3.06. The molecule has 2 rings (SSSR count). The molecule has 7 heteroatoms. The first kappa shape index (κ1) is 10.6. The van der Waals surface area contributed by atoms with Crippen LogP contribution < -0.4 is 11.3 Å². The highest BCUT2D eigenvalue weighted by Crippen LogP contribution is 2.31. The van der Waals surface area contributed by atoms with Gasteiger partial charge in [0, 0.05) is 5.56 Å². The van der Waals surface area contributed by atoms with Crippen molar-refractivity contribution in [2.24, 2.45) is 5.84 Å². The van der Waals surface area contributed by atoms with Crippen LogP contribution >= 0.6 is 34.5 Å². The molecule has 0 fully saturated rings. The van der Waals surface area contributed by atoms with E-state index in [2.05, 4.69) is 15.6 Å². The van der Waals surface area contributed by atoms with Crippen LogP contribution in [0.2, 0.25) is 10.0 Å². The van der Waals surface area contributed by atoms with Crippen molar-refractivity contribution in [1.29, 1.82) is 0 Å². The van der Waals surface area contributed by atoms with Gasteiger partial charge in [0.05, 0.1) is 10.0 Å². The van der Waals surface area contributed by atoms with Gasteiger partial charge < -0.3 is 0 Å². The maximum Gasteiger partial charge on any atom is 0.220 e. The summed E-state index contributed by atoms with van der Waals surface area (Å²) in [5, 5.41) is 10.1. The second-order valence-electron chi connectivity index (χ2n) is 2.69. The highest BCUT2D eigenvalue weighted by atomic mass is 35.5. The van der Waals surface area contributed by atoms with Gasteiger partial charge in [-0.2, -0.15) is 0 Å². The zero-order valence-electron chi connectivity index (χ0n) is 7.37. The Morgan fingerprint density at radius 3 is 2.60 bits per heavy atom. The van der Waals surface area contributed by atoms with Crippen molar-refractivity contribution in [3.05, 3.63) is 28.2 Å². The lowest BCUT2D eigenvalue weighted by molar-refractivity contribution is 1.08. The van der Waals surface area contributed by atoms with Crippen LogP contribution in [0.5, 0.6) is 0 Å². The fraction of sp³-hybridized carbons (Fsp3) is 0. The molecule has 0 saturated heterocycles. The Bertz CT molecular complexity index is 485. The number of hydrogen-bond donors (Lipinski definition) is 2. The van der Waals surface area contributed by atoms with E-state index in [1.807, 2.05) is 6.07 Å². The number of hydrogen-bond acceptors (Lipinski definition) is 5. The molecule has 0 amide bonds. The van der Waals surface area contributed by atoms with Crippen LogP contribution in [-0.4, -0.2) is 10.2 Å². The standard InChI is InChI=1S/C8H6Cl2N4S/c9-5-2-1-4(3-6(5)10)7-13-14-8(12-11)15-7/h1-3H,11H2,(H,12,14). The topological polar surface area (TPSA) is 63.8 Å². The molecule has 0 aliphatic carbocycles. The molecule has 3 N–H and O–H groups in total. The molecule has 0 saturated carbocycles. The largest absolute Gasteiger partial charge is 0.298 e. The predicted octanol–water partition coefficient (Wildman–Crippen LogP) is 2.80. The van der Waals surface area contributed by atoms with Crippen LogP contribution in [-0.2, 0) is 0 Å². The number of nitrogens with zero attached hydrogens (tertiary/aromatic N) is 2. The molecule has 4 nitrogen and oxygen atoms in total. The summed E-state index contributed by atoms with van der Waals surface area (Å²) < 4.78 is 0. The van der Waals surface area contributed by atoms with Crippen molar-refractivity contribution in [3.63, 3.8) is 0 Å². The van der Waals surface area contributed by atoms with E-state index in [4.69, 9.17) is 29.0 Å². The van der Waals surface area contributed by atoms with Gasteiger partial charge in [0.1, 0.15) is 5.01 Å². The van der Waals surface area contributed by atoms with E-state index in [0.29, 0.717) is 15.2 Å². The van der Waals surface area contributed by atoms with Gasteiger partial charge in [-0.15, -0.1) is 10.2 Å². The third kappa shape index (κ3) is 2.21. The number of anilines is 1. The third-order valence-electron chi connectivity index (χ3n) is 1.72. The van der Waals surface area contributed by atoms with Crippen LogP contribution in [0.4, 0.5) is 5.13 Å². The maximum atomic E-state index is 5.89. The average Bonchev–Trinajstić information content (AvgIpc) is 2.70. The molecule has 0 bridgehead atoms. The second kappa shape index (κ2) is 4.32. The fourth-order valence-corrected chi connectivity index (χ4v) is 1.98. The van der Waals surface area contributed by atoms with Crippen molar-refractivity contribution >= 4 is 39.7 Å². The molecular formula is C8H6Cl2N4S. The molecule has 1 heterocycles. The minimum atomic E-state index is 0.492.